The van der Waals surface area contributed by atoms with Gasteiger partial charge in [-0.3, -0.25) is 4.57 Å². The Morgan fingerprint density at radius 3 is 2.65 bits per heavy atom. The van der Waals surface area contributed by atoms with E-state index >= 15 is 0 Å². The Kier molecular flexibility index (Phi) is 5.30. The normalized spacial score (nSPS) is 13.3. The van der Waals surface area contributed by atoms with E-state index in [1.807, 2.05) is 11.9 Å². The molecule has 1 aliphatic rings. The van der Waals surface area contributed by atoms with E-state index in [1.165, 1.54) is 28.8 Å². The minimum Gasteiger partial charge on any atom is -0.473 e. The maximum atomic E-state index is 14.4. The Balaban J connectivity index is 1.46. The molecule has 0 spiro atoms. The average molecular weight is 435 g/mol. The molecule has 2 aromatic carbocycles. The van der Waals surface area contributed by atoms with Crippen LogP contribution < -0.4 is 20.1 Å². The van der Waals surface area contributed by atoms with Crippen LogP contribution >= 0.6 is 0 Å². The standard InChI is InChI=1S/C21H17F4N3O3/c1-27-7-8-28-19(27)11-18(26-20(28)29)30-12-13-5-6-17(16(22)9-13)31-15-4-2-3-14(10-15)21(23,24)25/h2-6,9-11H,7-8,12H2,1H3. The highest BCUT2D eigenvalue weighted by molar-refractivity contribution is 5.44. The van der Waals surface area contributed by atoms with E-state index < -0.39 is 23.2 Å². The molecule has 0 N–H and O–H groups in total. The van der Waals surface area contributed by atoms with Crippen molar-refractivity contribution in [3.8, 4) is 17.4 Å². The summed E-state index contributed by atoms with van der Waals surface area (Å²) in [6.07, 6.45) is -4.53. The third-order valence-corrected chi connectivity index (χ3v) is 4.79. The lowest BCUT2D eigenvalue weighted by molar-refractivity contribution is -0.137. The lowest BCUT2D eigenvalue weighted by atomic mass is 10.2. The summed E-state index contributed by atoms with van der Waals surface area (Å²) in [6, 6.07) is 9.78. The van der Waals surface area contributed by atoms with Crippen LogP contribution in [0, 0.1) is 5.82 Å². The molecule has 162 valence electrons. The molecule has 3 aromatic rings. The van der Waals surface area contributed by atoms with Gasteiger partial charge < -0.3 is 14.4 Å². The quantitative estimate of drug-likeness (QED) is 0.562. The molecule has 0 amide bonds. The summed E-state index contributed by atoms with van der Waals surface area (Å²) in [4.78, 5) is 17.8. The fourth-order valence-electron chi connectivity index (χ4n) is 3.18. The van der Waals surface area contributed by atoms with Crippen LogP contribution in [0.3, 0.4) is 0 Å². The van der Waals surface area contributed by atoms with Gasteiger partial charge in [0.15, 0.2) is 11.6 Å². The molecule has 0 radical (unpaired) electrons. The van der Waals surface area contributed by atoms with Gasteiger partial charge in [0.05, 0.1) is 5.56 Å². The zero-order valence-corrected chi connectivity index (χ0v) is 16.3. The second kappa shape index (κ2) is 7.93. The molecule has 2 heterocycles. The number of rotatable bonds is 5. The summed E-state index contributed by atoms with van der Waals surface area (Å²) < 4.78 is 65.2. The van der Waals surface area contributed by atoms with Crippen molar-refractivity contribution in [1.29, 1.82) is 0 Å². The van der Waals surface area contributed by atoms with Gasteiger partial charge in [-0.1, -0.05) is 12.1 Å². The number of alkyl halides is 3. The first-order chi connectivity index (χ1) is 14.7. The number of hydrogen-bond donors (Lipinski definition) is 0. The van der Waals surface area contributed by atoms with Crippen molar-refractivity contribution >= 4 is 5.82 Å². The van der Waals surface area contributed by atoms with Crippen LogP contribution in [0.4, 0.5) is 23.4 Å². The number of halogens is 4. The van der Waals surface area contributed by atoms with Crippen molar-refractivity contribution in [2.24, 2.45) is 0 Å². The fraction of sp³-hybridized carbons (Fsp3) is 0.238. The molecule has 31 heavy (non-hydrogen) atoms. The number of nitrogens with zero attached hydrogens (tertiary/aromatic N) is 3. The number of ether oxygens (including phenoxy) is 2. The predicted molar refractivity (Wildman–Crippen MR) is 104 cm³/mol. The van der Waals surface area contributed by atoms with Crippen molar-refractivity contribution in [1.82, 2.24) is 9.55 Å². The number of fused-ring (bicyclic) bond motifs is 1. The monoisotopic (exact) mass is 435 g/mol. The second-order valence-corrected chi connectivity index (χ2v) is 6.99. The van der Waals surface area contributed by atoms with Crippen molar-refractivity contribution in [2.75, 3.05) is 18.5 Å². The zero-order chi connectivity index (χ0) is 22.2. The van der Waals surface area contributed by atoms with Crippen LogP contribution in [-0.4, -0.2) is 23.1 Å². The molecule has 0 saturated carbocycles. The minimum absolute atomic E-state index is 0.0552. The summed E-state index contributed by atoms with van der Waals surface area (Å²) >= 11 is 0. The molecule has 4 rings (SSSR count). The Hall–Kier alpha value is -3.56. The molecule has 0 bridgehead atoms. The second-order valence-electron chi connectivity index (χ2n) is 6.99. The SMILES string of the molecule is CN1CCn2c1cc(OCc1ccc(Oc3cccc(C(F)(F)F)c3)c(F)c1)nc2=O. The van der Waals surface area contributed by atoms with Crippen molar-refractivity contribution in [2.45, 2.75) is 19.3 Å². The van der Waals surface area contributed by atoms with E-state index in [-0.39, 0.29) is 24.0 Å². The number of benzene rings is 2. The van der Waals surface area contributed by atoms with Gasteiger partial charge in [-0.2, -0.15) is 18.2 Å². The van der Waals surface area contributed by atoms with Crippen molar-refractivity contribution in [3.63, 3.8) is 0 Å². The van der Waals surface area contributed by atoms with Gasteiger partial charge in [0.1, 0.15) is 18.2 Å². The summed E-state index contributed by atoms with van der Waals surface area (Å²) in [5, 5.41) is 0. The lowest BCUT2D eigenvalue weighted by Gasteiger charge is -2.13. The van der Waals surface area contributed by atoms with E-state index in [0.717, 1.165) is 18.2 Å². The van der Waals surface area contributed by atoms with Crippen LogP contribution in [-0.2, 0) is 19.3 Å². The highest BCUT2D eigenvalue weighted by Gasteiger charge is 2.30. The van der Waals surface area contributed by atoms with Gasteiger partial charge >= 0.3 is 11.9 Å². The van der Waals surface area contributed by atoms with Gasteiger partial charge in [0.2, 0.25) is 5.88 Å². The maximum absolute atomic E-state index is 14.4. The van der Waals surface area contributed by atoms with E-state index in [9.17, 15) is 22.4 Å². The number of aromatic nitrogens is 2. The lowest BCUT2D eigenvalue weighted by Crippen LogP contribution is -2.22. The topological polar surface area (TPSA) is 56.6 Å². The zero-order valence-electron chi connectivity index (χ0n) is 16.3. The molecule has 0 fully saturated rings. The molecule has 1 aromatic heterocycles. The molecule has 6 nitrogen and oxygen atoms in total. The van der Waals surface area contributed by atoms with Gasteiger partial charge in [0.25, 0.3) is 0 Å². The minimum atomic E-state index is -4.53. The fourth-order valence-corrected chi connectivity index (χ4v) is 3.18. The van der Waals surface area contributed by atoms with Crippen molar-refractivity contribution in [3.05, 3.63) is 76.0 Å². The van der Waals surface area contributed by atoms with Crippen LogP contribution in [0.5, 0.6) is 17.4 Å². The van der Waals surface area contributed by atoms with Crippen LogP contribution in [0.1, 0.15) is 11.1 Å². The smallest absolute Gasteiger partial charge is 0.416 e. The third kappa shape index (κ3) is 4.47. The average Bonchev–Trinajstić information content (AvgIpc) is 3.09. The molecule has 0 aliphatic carbocycles. The van der Waals surface area contributed by atoms with E-state index in [4.69, 9.17) is 9.47 Å². The van der Waals surface area contributed by atoms with E-state index in [2.05, 4.69) is 4.98 Å². The first kappa shape index (κ1) is 20.7. The summed E-state index contributed by atoms with van der Waals surface area (Å²) in [5.74, 6) is -0.316. The molecule has 0 atom stereocenters. The Morgan fingerprint density at radius 2 is 1.90 bits per heavy atom. The van der Waals surface area contributed by atoms with Gasteiger partial charge in [0, 0.05) is 26.2 Å². The summed E-state index contributed by atoms with van der Waals surface area (Å²) in [5.41, 5.74) is -0.878. The molecule has 0 saturated heterocycles. The highest BCUT2D eigenvalue weighted by Crippen LogP contribution is 2.33. The van der Waals surface area contributed by atoms with Gasteiger partial charge in [-0.15, -0.1) is 0 Å². The Bertz CT molecular complexity index is 1180. The number of anilines is 1. The Morgan fingerprint density at radius 1 is 1.10 bits per heavy atom. The van der Waals surface area contributed by atoms with Crippen LogP contribution in [0.25, 0.3) is 0 Å². The molecule has 1 aliphatic heterocycles. The van der Waals surface area contributed by atoms with Gasteiger partial charge in [-0.25, -0.2) is 9.18 Å². The molecular formula is C21H17F4N3O3. The number of likely N-dealkylation sites (N-methyl/N-ethyl adjacent to an activating group) is 1. The van der Waals surface area contributed by atoms with E-state index in [0.29, 0.717) is 24.5 Å². The van der Waals surface area contributed by atoms with Crippen LogP contribution in [0.15, 0.2) is 53.3 Å². The molecule has 10 heteroatoms. The van der Waals surface area contributed by atoms with E-state index in [1.54, 1.807) is 6.07 Å². The predicted octanol–water partition coefficient (Wildman–Crippen LogP) is 4.22. The largest absolute Gasteiger partial charge is 0.473 e. The maximum Gasteiger partial charge on any atom is 0.416 e. The van der Waals surface area contributed by atoms with Gasteiger partial charge in [-0.05, 0) is 35.9 Å². The molecular weight excluding hydrogens is 418 g/mol. The summed E-state index contributed by atoms with van der Waals surface area (Å²) in [7, 11) is 1.85. The summed E-state index contributed by atoms with van der Waals surface area (Å²) in [6.45, 7) is 1.19. The Labute approximate surface area is 174 Å². The highest BCUT2D eigenvalue weighted by atomic mass is 19.4. The number of hydrogen-bond acceptors (Lipinski definition) is 5. The first-order valence-corrected chi connectivity index (χ1v) is 9.30. The third-order valence-electron chi connectivity index (χ3n) is 4.79. The first-order valence-electron chi connectivity index (χ1n) is 9.30. The van der Waals surface area contributed by atoms with Crippen LogP contribution in [0.2, 0.25) is 0 Å². The molecule has 0 unspecified atom stereocenters. The van der Waals surface area contributed by atoms with Crippen molar-refractivity contribution < 1.29 is 27.0 Å².